The summed E-state index contributed by atoms with van der Waals surface area (Å²) in [7, 11) is 0. The molecule has 0 unspecified atom stereocenters. The van der Waals surface area contributed by atoms with Crippen molar-refractivity contribution in [1.82, 2.24) is 9.97 Å². The highest BCUT2D eigenvalue weighted by atomic mass is 19.1. The zero-order chi connectivity index (χ0) is 24.6. The molecule has 35 heavy (non-hydrogen) atoms. The normalized spacial score (nSPS) is 13.6. The van der Waals surface area contributed by atoms with Crippen molar-refractivity contribution in [2.45, 2.75) is 51.9 Å². The SMILES string of the molecule is CC.O=C(Nc1ccccc1)Nc1cc2[nH]c(C3CCCCC3)nc2cc1Oc1ccc(F)cc1. The highest BCUT2D eigenvalue weighted by Gasteiger charge is 2.20. The lowest BCUT2D eigenvalue weighted by Gasteiger charge is -2.18. The van der Waals surface area contributed by atoms with Gasteiger partial charge in [-0.25, -0.2) is 14.2 Å². The summed E-state index contributed by atoms with van der Waals surface area (Å²) in [6.45, 7) is 4.00. The highest BCUT2D eigenvalue weighted by molar-refractivity contribution is 6.02. The van der Waals surface area contributed by atoms with E-state index in [0.29, 0.717) is 28.8 Å². The molecule has 4 aromatic rings. The molecular weight excluding hydrogens is 443 g/mol. The Bertz CT molecular complexity index is 1250. The lowest BCUT2D eigenvalue weighted by molar-refractivity contribution is 0.262. The number of imidazole rings is 1. The van der Waals surface area contributed by atoms with Gasteiger partial charge in [0.05, 0.1) is 16.7 Å². The van der Waals surface area contributed by atoms with Gasteiger partial charge in [-0.05, 0) is 55.3 Å². The number of para-hydroxylation sites is 1. The Hall–Kier alpha value is -3.87. The summed E-state index contributed by atoms with van der Waals surface area (Å²) >= 11 is 0. The number of H-pyrrole nitrogens is 1. The molecule has 7 heteroatoms. The van der Waals surface area contributed by atoms with Crippen LogP contribution >= 0.6 is 0 Å². The second kappa shape index (κ2) is 11.5. The van der Waals surface area contributed by atoms with Crippen molar-refractivity contribution in [2.75, 3.05) is 10.6 Å². The van der Waals surface area contributed by atoms with Gasteiger partial charge in [-0.2, -0.15) is 0 Å². The summed E-state index contributed by atoms with van der Waals surface area (Å²) in [6, 6.07) is 18.2. The molecule has 3 aromatic carbocycles. The Morgan fingerprint density at radius 2 is 1.69 bits per heavy atom. The predicted octanol–water partition coefficient (Wildman–Crippen LogP) is 8.21. The van der Waals surface area contributed by atoms with Crippen LogP contribution in [0.1, 0.15) is 57.7 Å². The van der Waals surface area contributed by atoms with Crippen molar-refractivity contribution < 1.29 is 13.9 Å². The number of rotatable bonds is 5. The molecular formula is C28H31FN4O2. The van der Waals surface area contributed by atoms with Crippen LogP contribution in [0.4, 0.5) is 20.6 Å². The van der Waals surface area contributed by atoms with E-state index in [2.05, 4.69) is 15.6 Å². The standard InChI is InChI=1S/C26H25FN4O2.C2H6/c27-18-11-13-20(14-12-18)33-24-16-22-21(29-25(30-22)17-7-3-1-4-8-17)15-23(24)31-26(32)28-19-9-5-2-6-10-19;1-2/h2,5-6,9-17H,1,3-4,7-8H2,(H,29,30)(H2,28,31,32);1-2H3. The Kier molecular flexibility index (Phi) is 7.98. The summed E-state index contributed by atoms with van der Waals surface area (Å²) in [5.74, 6) is 1.95. The first-order valence-corrected chi connectivity index (χ1v) is 12.2. The summed E-state index contributed by atoms with van der Waals surface area (Å²) in [4.78, 5) is 20.9. The largest absolute Gasteiger partial charge is 0.455 e. The third kappa shape index (κ3) is 6.18. The van der Waals surface area contributed by atoms with E-state index in [1.165, 1.54) is 31.4 Å². The number of fused-ring (bicyclic) bond motifs is 1. The molecule has 182 valence electrons. The number of nitrogens with zero attached hydrogens (tertiary/aromatic N) is 1. The van der Waals surface area contributed by atoms with Crippen LogP contribution in [0.15, 0.2) is 66.7 Å². The van der Waals surface area contributed by atoms with Crippen molar-refractivity contribution >= 4 is 28.4 Å². The van der Waals surface area contributed by atoms with Crippen molar-refractivity contribution in [3.8, 4) is 11.5 Å². The van der Waals surface area contributed by atoms with Crippen LogP contribution in [-0.2, 0) is 0 Å². The quantitative estimate of drug-likeness (QED) is 0.273. The molecule has 1 heterocycles. The van der Waals surface area contributed by atoms with Crippen LogP contribution < -0.4 is 15.4 Å². The molecule has 1 saturated carbocycles. The number of nitrogens with one attached hydrogen (secondary N) is 3. The van der Waals surface area contributed by atoms with Crippen LogP contribution in [0.5, 0.6) is 11.5 Å². The number of hydrogen-bond donors (Lipinski definition) is 3. The van der Waals surface area contributed by atoms with Crippen LogP contribution in [0, 0.1) is 5.82 Å². The van der Waals surface area contributed by atoms with Gasteiger partial charge in [0, 0.05) is 17.7 Å². The molecule has 1 aliphatic carbocycles. The lowest BCUT2D eigenvalue weighted by Crippen LogP contribution is -2.19. The lowest BCUT2D eigenvalue weighted by atomic mass is 9.89. The fourth-order valence-corrected chi connectivity index (χ4v) is 4.24. The number of hydrogen-bond acceptors (Lipinski definition) is 3. The van der Waals surface area contributed by atoms with Crippen molar-refractivity contribution in [2.24, 2.45) is 0 Å². The van der Waals surface area contributed by atoms with E-state index < -0.39 is 6.03 Å². The average molecular weight is 475 g/mol. The van der Waals surface area contributed by atoms with Crippen LogP contribution in [0.2, 0.25) is 0 Å². The van der Waals surface area contributed by atoms with Gasteiger partial charge in [0.2, 0.25) is 0 Å². The minimum Gasteiger partial charge on any atom is -0.455 e. The number of halogens is 1. The molecule has 0 atom stereocenters. The summed E-state index contributed by atoms with van der Waals surface area (Å²) in [6.07, 6.45) is 5.96. The third-order valence-electron chi connectivity index (χ3n) is 5.91. The number of carbonyl (C=O) groups is 1. The van der Waals surface area contributed by atoms with Crippen LogP contribution in [0.25, 0.3) is 11.0 Å². The number of aromatic amines is 1. The summed E-state index contributed by atoms with van der Waals surface area (Å²) in [5.41, 5.74) is 2.76. The first-order valence-electron chi connectivity index (χ1n) is 12.2. The van der Waals surface area contributed by atoms with Gasteiger partial charge in [0.25, 0.3) is 0 Å². The zero-order valence-electron chi connectivity index (χ0n) is 20.1. The molecule has 0 radical (unpaired) electrons. The van der Waals surface area contributed by atoms with E-state index in [1.54, 1.807) is 18.2 Å². The minimum absolute atomic E-state index is 0.345. The molecule has 1 aliphatic rings. The van der Waals surface area contributed by atoms with Gasteiger partial charge in [-0.15, -0.1) is 0 Å². The number of anilines is 2. The molecule has 0 spiro atoms. The van der Waals surface area contributed by atoms with E-state index in [1.807, 2.05) is 50.2 Å². The molecule has 3 N–H and O–H groups in total. The van der Waals surface area contributed by atoms with Gasteiger partial charge >= 0.3 is 6.03 Å². The first kappa shape index (κ1) is 24.3. The van der Waals surface area contributed by atoms with E-state index in [9.17, 15) is 9.18 Å². The average Bonchev–Trinajstić information content (AvgIpc) is 3.31. The van der Waals surface area contributed by atoms with Gasteiger partial charge in [-0.1, -0.05) is 51.3 Å². The third-order valence-corrected chi connectivity index (χ3v) is 5.91. The maximum Gasteiger partial charge on any atom is 0.323 e. The molecule has 2 amide bonds. The molecule has 1 aromatic heterocycles. The van der Waals surface area contributed by atoms with Gasteiger partial charge in [-0.3, -0.25) is 0 Å². The summed E-state index contributed by atoms with van der Waals surface area (Å²) < 4.78 is 19.4. The zero-order valence-corrected chi connectivity index (χ0v) is 20.1. The Morgan fingerprint density at radius 1 is 0.971 bits per heavy atom. The van der Waals surface area contributed by atoms with Gasteiger partial charge in [0.1, 0.15) is 17.4 Å². The van der Waals surface area contributed by atoms with Gasteiger partial charge in [0.15, 0.2) is 5.75 Å². The topological polar surface area (TPSA) is 79.0 Å². The maximum atomic E-state index is 13.3. The molecule has 1 fully saturated rings. The van der Waals surface area contributed by atoms with Crippen molar-refractivity contribution in [3.05, 3.63) is 78.4 Å². The first-order chi connectivity index (χ1) is 17.1. The fourth-order valence-electron chi connectivity index (χ4n) is 4.24. The molecule has 6 nitrogen and oxygen atoms in total. The number of amides is 2. The van der Waals surface area contributed by atoms with Crippen molar-refractivity contribution in [1.29, 1.82) is 0 Å². The highest BCUT2D eigenvalue weighted by Crippen LogP contribution is 2.36. The number of ether oxygens (including phenoxy) is 1. The summed E-state index contributed by atoms with van der Waals surface area (Å²) in [5, 5.41) is 5.69. The fraction of sp³-hybridized carbons (Fsp3) is 0.286. The number of benzene rings is 3. The molecule has 0 bridgehead atoms. The second-order valence-corrected chi connectivity index (χ2v) is 8.32. The number of aromatic nitrogens is 2. The van der Waals surface area contributed by atoms with Gasteiger partial charge < -0.3 is 20.4 Å². The Morgan fingerprint density at radius 3 is 2.40 bits per heavy atom. The Balaban J connectivity index is 0.00000141. The van der Waals surface area contributed by atoms with Crippen LogP contribution in [0.3, 0.4) is 0 Å². The van der Waals surface area contributed by atoms with E-state index in [-0.39, 0.29) is 5.82 Å². The Labute approximate surface area is 204 Å². The minimum atomic E-state index is -0.392. The van der Waals surface area contributed by atoms with Crippen LogP contribution in [-0.4, -0.2) is 16.0 Å². The van der Waals surface area contributed by atoms with E-state index in [0.717, 1.165) is 29.7 Å². The predicted molar refractivity (Wildman–Crippen MR) is 139 cm³/mol. The molecule has 0 aliphatic heterocycles. The molecule has 0 saturated heterocycles. The smallest absolute Gasteiger partial charge is 0.323 e. The second-order valence-electron chi connectivity index (χ2n) is 8.32. The maximum absolute atomic E-state index is 13.3. The van der Waals surface area contributed by atoms with Crippen molar-refractivity contribution in [3.63, 3.8) is 0 Å². The molecule has 5 rings (SSSR count). The number of carbonyl (C=O) groups excluding carboxylic acids is 1. The monoisotopic (exact) mass is 474 g/mol. The number of urea groups is 1. The van der Waals surface area contributed by atoms with E-state index >= 15 is 0 Å². The van der Waals surface area contributed by atoms with E-state index in [4.69, 9.17) is 9.72 Å².